The molecule has 23 heavy (non-hydrogen) atoms. The lowest BCUT2D eigenvalue weighted by molar-refractivity contribution is -0.139. The van der Waals surface area contributed by atoms with Crippen molar-refractivity contribution in [2.75, 3.05) is 6.54 Å². The first-order valence-electron chi connectivity index (χ1n) is 7.92. The van der Waals surface area contributed by atoms with Gasteiger partial charge in [0.05, 0.1) is 6.42 Å². The fourth-order valence-electron chi connectivity index (χ4n) is 3.75. The van der Waals surface area contributed by atoms with E-state index in [0.29, 0.717) is 17.4 Å². The number of hydrogen-bond acceptors (Lipinski definition) is 2. The normalized spacial score (nSPS) is 25.0. The minimum Gasteiger partial charge on any atom is -0.481 e. The SMILES string of the molecule is O=C(O)CCN(Cc1ccc(F)c(F)c1)C(=O)C1C2CCCC21. The van der Waals surface area contributed by atoms with Gasteiger partial charge < -0.3 is 10.0 Å². The Kier molecular flexibility index (Phi) is 4.33. The van der Waals surface area contributed by atoms with E-state index in [4.69, 9.17) is 5.11 Å². The number of hydrogen-bond donors (Lipinski definition) is 1. The fraction of sp³-hybridized carbons (Fsp3) is 0.529. The smallest absolute Gasteiger partial charge is 0.305 e. The zero-order chi connectivity index (χ0) is 16.6. The van der Waals surface area contributed by atoms with Gasteiger partial charge in [0.15, 0.2) is 11.6 Å². The average molecular weight is 323 g/mol. The molecule has 1 N–H and O–H groups in total. The summed E-state index contributed by atoms with van der Waals surface area (Å²) in [6.07, 6.45) is 3.10. The number of carbonyl (C=O) groups is 2. The van der Waals surface area contributed by atoms with Gasteiger partial charge in [0.25, 0.3) is 0 Å². The second kappa shape index (κ2) is 6.26. The van der Waals surface area contributed by atoms with Crippen LogP contribution in [-0.4, -0.2) is 28.4 Å². The van der Waals surface area contributed by atoms with Gasteiger partial charge in [-0.1, -0.05) is 12.5 Å². The summed E-state index contributed by atoms with van der Waals surface area (Å²) in [4.78, 5) is 24.9. The van der Waals surface area contributed by atoms with Gasteiger partial charge in [-0.25, -0.2) is 8.78 Å². The highest BCUT2D eigenvalue weighted by Crippen LogP contribution is 2.58. The van der Waals surface area contributed by atoms with Crippen LogP contribution < -0.4 is 0 Å². The maximum atomic E-state index is 13.3. The van der Waals surface area contributed by atoms with E-state index in [9.17, 15) is 18.4 Å². The molecular formula is C17H19F2NO3. The van der Waals surface area contributed by atoms with Gasteiger partial charge >= 0.3 is 5.97 Å². The zero-order valence-electron chi connectivity index (χ0n) is 12.7. The number of fused-ring (bicyclic) bond motifs is 1. The molecule has 2 saturated carbocycles. The lowest BCUT2D eigenvalue weighted by atomic mass is 10.1. The molecule has 2 fully saturated rings. The highest BCUT2D eigenvalue weighted by Gasteiger charge is 2.57. The summed E-state index contributed by atoms with van der Waals surface area (Å²) in [5, 5.41) is 8.86. The van der Waals surface area contributed by atoms with Crippen molar-refractivity contribution in [1.29, 1.82) is 0 Å². The molecule has 0 saturated heterocycles. The van der Waals surface area contributed by atoms with E-state index in [0.717, 1.165) is 31.4 Å². The second-order valence-corrected chi connectivity index (χ2v) is 6.44. The topological polar surface area (TPSA) is 57.6 Å². The Hall–Kier alpha value is -1.98. The van der Waals surface area contributed by atoms with Crippen molar-refractivity contribution in [1.82, 2.24) is 4.90 Å². The van der Waals surface area contributed by atoms with E-state index in [1.54, 1.807) is 0 Å². The van der Waals surface area contributed by atoms with Gasteiger partial charge in [-0.2, -0.15) is 0 Å². The van der Waals surface area contributed by atoms with Gasteiger partial charge in [0.1, 0.15) is 0 Å². The van der Waals surface area contributed by atoms with Crippen LogP contribution in [0.1, 0.15) is 31.2 Å². The maximum Gasteiger partial charge on any atom is 0.305 e. The van der Waals surface area contributed by atoms with Crippen molar-refractivity contribution in [3.05, 3.63) is 35.4 Å². The first-order valence-corrected chi connectivity index (χ1v) is 7.92. The number of carboxylic acids is 1. The highest BCUT2D eigenvalue weighted by atomic mass is 19.2. The lowest BCUT2D eigenvalue weighted by Gasteiger charge is -2.23. The van der Waals surface area contributed by atoms with E-state index in [-0.39, 0.29) is 31.3 Å². The summed E-state index contributed by atoms with van der Waals surface area (Å²) < 4.78 is 26.3. The van der Waals surface area contributed by atoms with Gasteiger partial charge in [0.2, 0.25) is 5.91 Å². The van der Waals surface area contributed by atoms with Crippen molar-refractivity contribution >= 4 is 11.9 Å². The molecule has 0 radical (unpaired) electrons. The molecule has 2 atom stereocenters. The first kappa shape index (κ1) is 15.9. The van der Waals surface area contributed by atoms with Crippen LogP contribution in [0.15, 0.2) is 18.2 Å². The molecule has 0 heterocycles. The third kappa shape index (κ3) is 3.35. The van der Waals surface area contributed by atoms with Crippen LogP contribution in [-0.2, 0) is 16.1 Å². The Labute approximate surface area is 133 Å². The predicted molar refractivity (Wildman–Crippen MR) is 78.3 cm³/mol. The Balaban J connectivity index is 1.71. The van der Waals surface area contributed by atoms with Crippen molar-refractivity contribution < 1.29 is 23.5 Å². The maximum absolute atomic E-state index is 13.3. The molecule has 1 aromatic carbocycles. The lowest BCUT2D eigenvalue weighted by Crippen LogP contribution is -2.34. The monoisotopic (exact) mass is 323 g/mol. The predicted octanol–water partition coefficient (Wildman–Crippen LogP) is 2.81. The Morgan fingerprint density at radius 1 is 1.17 bits per heavy atom. The van der Waals surface area contributed by atoms with Gasteiger partial charge in [-0.3, -0.25) is 9.59 Å². The molecule has 124 valence electrons. The summed E-state index contributed by atoms with van der Waals surface area (Å²) in [7, 11) is 0. The summed E-state index contributed by atoms with van der Waals surface area (Å²) >= 11 is 0. The van der Waals surface area contributed by atoms with Crippen molar-refractivity contribution in [2.24, 2.45) is 17.8 Å². The first-order chi connectivity index (χ1) is 11.0. The third-order valence-electron chi connectivity index (χ3n) is 4.96. The second-order valence-electron chi connectivity index (χ2n) is 6.44. The molecule has 2 aliphatic carbocycles. The van der Waals surface area contributed by atoms with E-state index in [1.807, 2.05) is 0 Å². The van der Waals surface area contributed by atoms with Crippen LogP contribution in [0.5, 0.6) is 0 Å². The Morgan fingerprint density at radius 2 is 1.87 bits per heavy atom. The van der Waals surface area contributed by atoms with Crippen LogP contribution in [0.25, 0.3) is 0 Å². The molecule has 1 aromatic rings. The molecule has 2 aliphatic rings. The number of amides is 1. The summed E-state index contributed by atoms with van der Waals surface area (Å²) in [5.74, 6) is -2.08. The minimum absolute atomic E-state index is 0.0113. The zero-order valence-corrected chi connectivity index (χ0v) is 12.7. The molecule has 0 aliphatic heterocycles. The van der Waals surface area contributed by atoms with E-state index < -0.39 is 17.6 Å². The standard InChI is InChI=1S/C17H19F2NO3/c18-13-5-4-10(8-14(13)19)9-20(7-6-15(21)22)17(23)16-11-2-1-3-12(11)16/h4-5,8,11-12,16H,1-3,6-7,9H2,(H,21,22). The van der Waals surface area contributed by atoms with E-state index >= 15 is 0 Å². The minimum atomic E-state index is -0.982. The number of carbonyl (C=O) groups excluding carboxylic acids is 1. The van der Waals surface area contributed by atoms with Crippen LogP contribution in [0.4, 0.5) is 8.78 Å². The molecule has 3 rings (SSSR count). The number of benzene rings is 1. The number of rotatable bonds is 6. The number of aliphatic carboxylic acids is 1. The summed E-state index contributed by atoms with van der Waals surface area (Å²) in [6.45, 7) is 0.197. The average Bonchev–Trinajstić information content (AvgIpc) is 2.98. The molecule has 0 bridgehead atoms. The molecule has 6 heteroatoms. The van der Waals surface area contributed by atoms with Crippen molar-refractivity contribution in [3.8, 4) is 0 Å². The van der Waals surface area contributed by atoms with Gasteiger partial charge in [-0.15, -0.1) is 0 Å². The van der Waals surface area contributed by atoms with E-state index in [2.05, 4.69) is 0 Å². The summed E-state index contributed by atoms with van der Waals surface area (Å²) in [6, 6.07) is 3.51. The van der Waals surface area contributed by atoms with Crippen LogP contribution in [0, 0.1) is 29.4 Å². The van der Waals surface area contributed by atoms with Crippen LogP contribution in [0.2, 0.25) is 0 Å². The van der Waals surface area contributed by atoms with Crippen LogP contribution in [0.3, 0.4) is 0 Å². The molecule has 1 amide bonds. The number of halogens is 2. The van der Waals surface area contributed by atoms with Gasteiger partial charge in [0, 0.05) is 19.0 Å². The number of carboxylic acid groups (broad SMARTS) is 1. The van der Waals surface area contributed by atoms with Crippen LogP contribution >= 0.6 is 0 Å². The largest absolute Gasteiger partial charge is 0.481 e. The Bertz CT molecular complexity index is 624. The molecule has 4 nitrogen and oxygen atoms in total. The number of nitrogens with zero attached hydrogens (tertiary/aromatic N) is 1. The Morgan fingerprint density at radius 3 is 2.48 bits per heavy atom. The quantitative estimate of drug-likeness (QED) is 0.876. The fourth-order valence-corrected chi connectivity index (χ4v) is 3.75. The summed E-state index contributed by atoms with van der Waals surface area (Å²) in [5.41, 5.74) is 0.466. The van der Waals surface area contributed by atoms with Crippen molar-refractivity contribution in [2.45, 2.75) is 32.2 Å². The molecule has 0 aromatic heterocycles. The van der Waals surface area contributed by atoms with Gasteiger partial charge in [-0.05, 0) is 42.4 Å². The van der Waals surface area contributed by atoms with Crippen molar-refractivity contribution in [3.63, 3.8) is 0 Å². The molecule has 2 unspecified atom stereocenters. The highest BCUT2D eigenvalue weighted by molar-refractivity contribution is 5.83. The molecule has 0 spiro atoms. The molecular weight excluding hydrogens is 304 g/mol. The third-order valence-corrected chi connectivity index (χ3v) is 4.96. The van der Waals surface area contributed by atoms with E-state index in [1.165, 1.54) is 11.0 Å².